The van der Waals surface area contributed by atoms with Gasteiger partial charge in [-0.2, -0.15) is 0 Å². The van der Waals surface area contributed by atoms with Crippen LogP contribution in [0.3, 0.4) is 0 Å². The van der Waals surface area contributed by atoms with Gasteiger partial charge in [0.1, 0.15) is 0 Å². The predicted molar refractivity (Wildman–Crippen MR) is 133 cm³/mol. The van der Waals surface area contributed by atoms with Gasteiger partial charge in [0.2, 0.25) is 0 Å². The van der Waals surface area contributed by atoms with Crippen molar-refractivity contribution < 1.29 is 4.74 Å². The number of morpholine rings is 1. The Morgan fingerprint density at radius 3 is 2.24 bits per heavy atom. The molecule has 0 spiro atoms. The average molecular weight is 518 g/mol. The van der Waals surface area contributed by atoms with Crippen LogP contribution in [-0.2, 0) is 4.74 Å². The first-order chi connectivity index (χ1) is 13.2. The number of hydrogen-bond donors (Lipinski definition) is 3. The van der Waals surface area contributed by atoms with Gasteiger partial charge in [-0.25, -0.2) is 0 Å². The van der Waals surface area contributed by atoms with Crippen LogP contribution in [0, 0.1) is 0 Å². The largest absolute Gasteiger partial charge is 0.379 e. The fraction of sp³-hybridized carbons (Fsp3) is 0.682. The van der Waals surface area contributed by atoms with Gasteiger partial charge in [0.25, 0.3) is 0 Å². The third kappa shape index (κ3) is 8.78. The summed E-state index contributed by atoms with van der Waals surface area (Å²) in [6.45, 7) is 16.4. The Morgan fingerprint density at radius 1 is 1.07 bits per heavy atom. The minimum absolute atomic E-state index is 0. The molecule has 1 aliphatic rings. The van der Waals surface area contributed by atoms with Crippen molar-refractivity contribution in [2.75, 3.05) is 46.4 Å². The zero-order valence-corrected chi connectivity index (χ0v) is 21.2. The Balaban J connectivity index is 0.00000420. The lowest BCUT2D eigenvalue weighted by Gasteiger charge is -2.41. The quantitative estimate of drug-likeness (QED) is 0.281. The molecule has 1 unspecified atom stereocenters. The van der Waals surface area contributed by atoms with Crippen LogP contribution in [0.4, 0.5) is 0 Å². The molecule has 1 aromatic carbocycles. The van der Waals surface area contributed by atoms with Gasteiger partial charge in [-0.3, -0.25) is 9.89 Å². The Labute approximate surface area is 194 Å². The molecule has 0 amide bonds. The third-order valence-corrected chi connectivity index (χ3v) is 5.38. The first kappa shape index (κ1) is 26.1. The van der Waals surface area contributed by atoms with Crippen LogP contribution in [0.1, 0.15) is 46.2 Å². The molecular formula is C22H40IN5O. The highest BCUT2D eigenvalue weighted by atomic mass is 127. The number of nitrogens with zero attached hydrogens (tertiary/aromatic N) is 2. The van der Waals surface area contributed by atoms with Crippen LogP contribution >= 0.6 is 24.0 Å². The molecule has 1 atom stereocenters. The van der Waals surface area contributed by atoms with Crippen molar-refractivity contribution >= 4 is 29.9 Å². The van der Waals surface area contributed by atoms with Crippen molar-refractivity contribution in [1.82, 2.24) is 20.9 Å². The van der Waals surface area contributed by atoms with E-state index in [1.807, 2.05) is 7.05 Å². The highest BCUT2D eigenvalue weighted by molar-refractivity contribution is 14.0. The summed E-state index contributed by atoms with van der Waals surface area (Å²) in [6, 6.07) is 10.8. The number of ether oxygens (including phenoxy) is 1. The molecule has 1 aliphatic heterocycles. The van der Waals surface area contributed by atoms with Gasteiger partial charge in [-0.1, -0.05) is 30.3 Å². The van der Waals surface area contributed by atoms with Crippen molar-refractivity contribution in [2.45, 2.75) is 51.7 Å². The number of halogens is 1. The number of guanidine groups is 1. The number of nitrogens with one attached hydrogen (secondary N) is 3. The molecule has 2 rings (SSSR count). The molecule has 29 heavy (non-hydrogen) atoms. The number of benzene rings is 1. The van der Waals surface area contributed by atoms with E-state index in [4.69, 9.17) is 4.74 Å². The van der Waals surface area contributed by atoms with Crippen molar-refractivity contribution in [3.63, 3.8) is 0 Å². The van der Waals surface area contributed by atoms with Crippen LogP contribution in [0.15, 0.2) is 35.3 Å². The van der Waals surface area contributed by atoms with Crippen molar-refractivity contribution in [1.29, 1.82) is 0 Å². The minimum atomic E-state index is -0.0768. The lowest BCUT2D eigenvalue weighted by molar-refractivity contribution is -0.00834. The molecular weight excluding hydrogens is 477 g/mol. The summed E-state index contributed by atoms with van der Waals surface area (Å²) < 4.78 is 5.48. The minimum Gasteiger partial charge on any atom is -0.379 e. The molecule has 6 nitrogen and oxygen atoms in total. The van der Waals surface area contributed by atoms with Crippen LogP contribution in [0.2, 0.25) is 0 Å². The standard InChI is InChI=1S/C22H39N5O.HI/c1-18(19-10-8-7-9-11-19)26-21(2,3)16-24-20(23-6)25-17-22(4,5)27-12-14-28-15-13-27;/h7-11,18,26H,12-17H2,1-6H3,(H2,23,24,25);1H. The zero-order chi connectivity index (χ0) is 20.6. The Bertz CT molecular complexity index is 615. The number of rotatable bonds is 8. The Hall–Kier alpha value is -0.900. The normalized spacial score (nSPS) is 17.4. The Kier molecular flexibility index (Phi) is 10.9. The van der Waals surface area contributed by atoms with Crippen molar-refractivity contribution in [3.05, 3.63) is 35.9 Å². The first-order valence-electron chi connectivity index (χ1n) is 10.3. The summed E-state index contributed by atoms with van der Waals surface area (Å²) in [6.07, 6.45) is 0. The average Bonchev–Trinajstić information content (AvgIpc) is 2.69. The molecule has 0 saturated carbocycles. The van der Waals surface area contributed by atoms with Gasteiger partial charge in [0.15, 0.2) is 5.96 Å². The number of hydrogen-bond acceptors (Lipinski definition) is 4. The summed E-state index contributed by atoms with van der Waals surface area (Å²) >= 11 is 0. The van der Waals surface area contributed by atoms with E-state index in [0.717, 1.165) is 45.4 Å². The second kappa shape index (κ2) is 12.1. The summed E-state index contributed by atoms with van der Waals surface area (Å²) in [5.41, 5.74) is 1.27. The van der Waals surface area contributed by atoms with Gasteiger partial charge < -0.3 is 20.7 Å². The topological polar surface area (TPSA) is 60.9 Å². The maximum absolute atomic E-state index is 5.48. The summed E-state index contributed by atoms with van der Waals surface area (Å²) in [7, 11) is 1.82. The molecule has 0 aliphatic carbocycles. The van der Waals surface area contributed by atoms with Crippen LogP contribution < -0.4 is 16.0 Å². The summed E-state index contributed by atoms with van der Waals surface area (Å²) in [4.78, 5) is 6.88. The molecule has 1 aromatic rings. The SMILES string of the molecule is CN=C(NCC(C)(C)NC(C)c1ccccc1)NCC(C)(C)N1CCOCC1.I. The van der Waals surface area contributed by atoms with E-state index < -0.39 is 0 Å². The van der Waals surface area contributed by atoms with E-state index in [0.29, 0.717) is 0 Å². The molecule has 1 saturated heterocycles. The van der Waals surface area contributed by atoms with E-state index in [2.05, 4.69) is 90.8 Å². The van der Waals surface area contributed by atoms with Gasteiger partial charge in [-0.15, -0.1) is 24.0 Å². The predicted octanol–water partition coefficient (Wildman–Crippen LogP) is 3.01. The molecule has 0 radical (unpaired) electrons. The molecule has 1 fully saturated rings. The van der Waals surface area contributed by atoms with Crippen LogP contribution in [-0.4, -0.2) is 68.4 Å². The van der Waals surface area contributed by atoms with Gasteiger partial charge in [0.05, 0.1) is 13.2 Å². The third-order valence-electron chi connectivity index (χ3n) is 5.38. The fourth-order valence-corrected chi connectivity index (χ4v) is 3.57. The second-order valence-corrected chi connectivity index (χ2v) is 8.85. The summed E-state index contributed by atoms with van der Waals surface area (Å²) in [5.74, 6) is 0.837. The molecule has 3 N–H and O–H groups in total. The number of aliphatic imine (C=N–C) groups is 1. The van der Waals surface area contributed by atoms with Gasteiger partial charge >= 0.3 is 0 Å². The summed E-state index contributed by atoms with van der Waals surface area (Å²) in [5, 5.41) is 10.7. The van der Waals surface area contributed by atoms with Crippen LogP contribution in [0.25, 0.3) is 0 Å². The van der Waals surface area contributed by atoms with E-state index in [-0.39, 0.29) is 41.1 Å². The molecule has 1 heterocycles. The zero-order valence-electron chi connectivity index (χ0n) is 18.9. The lowest BCUT2D eigenvalue weighted by Crippen LogP contribution is -2.58. The van der Waals surface area contributed by atoms with E-state index in [1.54, 1.807) is 0 Å². The smallest absolute Gasteiger partial charge is 0.191 e. The maximum atomic E-state index is 5.48. The van der Waals surface area contributed by atoms with E-state index >= 15 is 0 Å². The molecule has 7 heteroatoms. The monoisotopic (exact) mass is 517 g/mol. The lowest BCUT2D eigenvalue weighted by atomic mass is 10.0. The van der Waals surface area contributed by atoms with E-state index in [1.165, 1.54) is 5.56 Å². The fourth-order valence-electron chi connectivity index (χ4n) is 3.57. The molecule has 0 bridgehead atoms. The Morgan fingerprint density at radius 2 is 1.66 bits per heavy atom. The van der Waals surface area contributed by atoms with Gasteiger partial charge in [-0.05, 0) is 40.2 Å². The van der Waals surface area contributed by atoms with E-state index in [9.17, 15) is 0 Å². The molecule has 0 aromatic heterocycles. The highest BCUT2D eigenvalue weighted by Gasteiger charge is 2.28. The maximum Gasteiger partial charge on any atom is 0.191 e. The van der Waals surface area contributed by atoms with Crippen LogP contribution in [0.5, 0.6) is 0 Å². The first-order valence-corrected chi connectivity index (χ1v) is 10.3. The van der Waals surface area contributed by atoms with Crippen molar-refractivity contribution in [2.24, 2.45) is 4.99 Å². The van der Waals surface area contributed by atoms with Gasteiger partial charge in [0, 0.05) is 50.3 Å². The second-order valence-electron chi connectivity index (χ2n) is 8.85. The molecule has 166 valence electrons. The van der Waals surface area contributed by atoms with Crippen molar-refractivity contribution in [3.8, 4) is 0 Å². The highest BCUT2D eigenvalue weighted by Crippen LogP contribution is 2.16.